The molecule has 6 nitrogen and oxygen atoms in total. The van der Waals surface area contributed by atoms with Crippen LogP contribution in [0.5, 0.6) is 11.5 Å². The highest BCUT2D eigenvalue weighted by Gasteiger charge is 2.16. The molecule has 0 unspecified atom stereocenters. The summed E-state index contributed by atoms with van der Waals surface area (Å²) < 4.78 is 16.8. The monoisotopic (exact) mass is 431 g/mol. The zero-order valence-corrected chi connectivity index (χ0v) is 16.5. The molecular formula is C20H18BrNO5. The summed E-state index contributed by atoms with van der Waals surface area (Å²) in [5, 5.41) is 3.55. The Balaban J connectivity index is 1.86. The van der Waals surface area contributed by atoms with E-state index < -0.39 is 5.63 Å². The average Bonchev–Trinajstić information content (AvgIpc) is 2.66. The number of benzene rings is 2. The molecule has 1 aromatic heterocycles. The van der Waals surface area contributed by atoms with Gasteiger partial charge in [0.2, 0.25) is 0 Å². The number of rotatable bonds is 6. The zero-order chi connectivity index (χ0) is 19.4. The summed E-state index contributed by atoms with van der Waals surface area (Å²) in [6.45, 7) is 2.56. The van der Waals surface area contributed by atoms with Gasteiger partial charge in [-0.15, -0.1) is 0 Å². The van der Waals surface area contributed by atoms with Crippen LogP contribution >= 0.6 is 15.9 Å². The molecule has 0 spiro atoms. The Hall–Kier alpha value is -2.80. The van der Waals surface area contributed by atoms with E-state index in [-0.39, 0.29) is 5.91 Å². The van der Waals surface area contributed by atoms with Crippen molar-refractivity contribution in [2.24, 2.45) is 0 Å². The van der Waals surface area contributed by atoms with Crippen molar-refractivity contribution in [3.05, 3.63) is 62.9 Å². The summed E-state index contributed by atoms with van der Waals surface area (Å²) in [5.41, 5.74) is 1.05. The highest BCUT2D eigenvalue weighted by Crippen LogP contribution is 2.37. The Morgan fingerprint density at radius 1 is 1.19 bits per heavy atom. The number of anilines is 1. The van der Waals surface area contributed by atoms with Gasteiger partial charge in [0.1, 0.15) is 5.58 Å². The van der Waals surface area contributed by atoms with Crippen LogP contribution in [0.25, 0.3) is 11.0 Å². The van der Waals surface area contributed by atoms with Gasteiger partial charge in [0, 0.05) is 22.7 Å². The molecule has 0 radical (unpaired) electrons. The van der Waals surface area contributed by atoms with Crippen LogP contribution < -0.4 is 20.4 Å². The highest BCUT2D eigenvalue weighted by atomic mass is 79.9. The number of carbonyl (C=O) groups excluding carboxylic acids is 1. The van der Waals surface area contributed by atoms with Crippen molar-refractivity contribution in [3.8, 4) is 11.5 Å². The minimum Gasteiger partial charge on any atom is -0.493 e. The van der Waals surface area contributed by atoms with E-state index in [1.165, 1.54) is 13.2 Å². The van der Waals surface area contributed by atoms with Crippen LogP contribution in [0, 0.1) is 0 Å². The number of hydrogen-bond acceptors (Lipinski definition) is 5. The van der Waals surface area contributed by atoms with Crippen molar-refractivity contribution in [1.82, 2.24) is 0 Å². The van der Waals surface area contributed by atoms with Gasteiger partial charge in [0.25, 0.3) is 5.91 Å². The number of methoxy groups -OCH3 is 1. The van der Waals surface area contributed by atoms with Crippen LogP contribution in [0.4, 0.5) is 5.69 Å². The largest absolute Gasteiger partial charge is 0.493 e. The molecule has 2 aromatic carbocycles. The summed E-state index contributed by atoms with van der Waals surface area (Å²) >= 11 is 3.44. The fraction of sp³-hybridized carbons (Fsp3) is 0.200. The number of halogens is 1. The molecule has 0 saturated carbocycles. The lowest BCUT2D eigenvalue weighted by atomic mass is 10.1. The number of carbonyl (C=O) groups is 1. The molecule has 3 rings (SSSR count). The number of ether oxygens (including phenoxy) is 2. The molecule has 3 aromatic rings. The number of amides is 1. The summed E-state index contributed by atoms with van der Waals surface area (Å²) in [4.78, 5) is 23.9. The van der Waals surface area contributed by atoms with E-state index in [1.54, 1.807) is 36.4 Å². The molecule has 0 atom stereocenters. The number of fused-ring (bicyclic) bond motifs is 1. The fourth-order valence-corrected chi connectivity index (χ4v) is 3.10. The Kier molecular flexibility index (Phi) is 5.81. The predicted octanol–water partition coefficient (Wildman–Crippen LogP) is 4.61. The molecule has 0 aliphatic heterocycles. The Labute approximate surface area is 164 Å². The smallest absolute Gasteiger partial charge is 0.336 e. The first-order valence-electron chi connectivity index (χ1n) is 8.37. The van der Waals surface area contributed by atoms with Gasteiger partial charge in [-0.1, -0.05) is 6.92 Å². The lowest BCUT2D eigenvalue weighted by molar-refractivity contribution is 0.102. The SMILES string of the molecule is CCCOc1c(Br)cc(C(=O)Nc2ccc3oc(=O)ccc3c2)cc1OC. The Bertz CT molecular complexity index is 1040. The molecule has 140 valence electrons. The van der Waals surface area contributed by atoms with Crippen molar-refractivity contribution in [2.75, 3.05) is 19.0 Å². The summed E-state index contributed by atoms with van der Waals surface area (Å²) in [5.74, 6) is 0.743. The maximum atomic E-state index is 12.6. The van der Waals surface area contributed by atoms with Crippen LogP contribution in [0.1, 0.15) is 23.7 Å². The molecule has 1 N–H and O–H groups in total. The van der Waals surface area contributed by atoms with E-state index in [4.69, 9.17) is 13.9 Å². The number of nitrogens with one attached hydrogen (secondary N) is 1. The van der Waals surface area contributed by atoms with E-state index in [0.717, 1.165) is 11.8 Å². The molecule has 1 heterocycles. The zero-order valence-electron chi connectivity index (χ0n) is 14.9. The normalized spacial score (nSPS) is 10.6. The van der Waals surface area contributed by atoms with Gasteiger partial charge in [-0.05, 0) is 58.7 Å². The predicted molar refractivity (Wildman–Crippen MR) is 107 cm³/mol. The third kappa shape index (κ3) is 4.31. The van der Waals surface area contributed by atoms with E-state index in [0.29, 0.717) is 39.4 Å². The minimum atomic E-state index is -0.415. The quantitative estimate of drug-likeness (QED) is 0.576. The molecule has 1 amide bonds. The first kappa shape index (κ1) is 19.0. The van der Waals surface area contributed by atoms with Crippen molar-refractivity contribution in [2.45, 2.75) is 13.3 Å². The van der Waals surface area contributed by atoms with E-state index in [1.807, 2.05) is 6.92 Å². The highest BCUT2D eigenvalue weighted by molar-refractivity contribution is 9.10. The van der Waals surface area contributed by atoms with Gasteiger partial charge in [-0.2, -0.15) is 0 Å². The molecule has 7 heteroatoms. The van der Waals surface area contributed by atoms with Gasteiger partial charge in [-0.3, -0.25) is 4.79 Å². The molecule has 27 heavy (non-hydrogen) atoms. The maximum Gasteiger partial charge on any atom is 0.336 e. The van der Waals surface area contributed by atoms with Crippen LogP contribution in [0.3, 0.4) is 0 Å². The van der Waals surface area contributed by atoms with Crippen molar-refractivity contribution >= 4 is 38.5 Å². The average molecular weight is 432 g/mol. The summed E-state index contributed by atoms with van der Waals surface area (Å²) in [6.07, 6.45) is 0.861. The van der Waals surface area contributed by atoms with Gasteiger partial charge in [0.05, 0.1) is 18.2 Å². The second kappa shape index (κ2) is 8.26. The maximum absolute atomic E-state index is 12.6. The summed E-state index contributed by atoms with van der Waals surface area (Å²) in [6, 6.07) is 11.4. The molecule has 0 aliphatic rings. The third-order valence-corrected chi connectivity index (χ3v) is 4.41. The summed E-state index contributed by atoms with van der Waals surface area (Å²) in [7, 11) is 1.53. The molecule has 0 bridgehead atoms. The van der Waals surface area contributed by atoms with Gasteiger partial charge < -0.3 is 19.2 Å². The van der Waals surface area contributed by atoms with Crippen LogP contribution in [0.15, 0.2) is 56.1 Å². The van der Waals surface area contributed by atoms with Crippen molar-refractivity contribution in [1.29, 1.82) is 0 Å². The fourth-order valence-electron chi connectivity index (χ4n) is 2.55. The number of hydrogen-bond donors (Lipinski definition) is 1. The molecule has 0 saturated heterocycles. The first-order chi connectivity index (χ1) is 13.0. The Morgan fingerprint density at radius 2 is 2.00 bits per heavy atom. The second-order valence-corrected chi connectivity index (χ2v) is 6.65. The lowest BCUT2D eigenvalue weighted by Crippen LogP contribution is -2.12. The Morgan fingerprint density at radius 3 is 2.74 bits per heavy atom. The van der Waals surface area contributed by atoms with Crippen LogP contribution in [-0.4, -0.2) is 19.6 Å². The first-order valence-corrected chi connectivity index (χ1v) is 9.16. The van der Waals surface area contributed by atoms with Crippen molar-refractivity contribution in [3.63, 3.8) is 0 Å². The van der Waals surface area contributed by atoms with Crippen LogP contribution in [-0.2, 0) is 0 Å². The minimum absolute atomic E-state index is 0.298. The standard InChI is InChI=1S/C20H18BrNO5/c1-3-8-26-19-15(21)10-13(11-17(19)25-2)20(24)22-14-5-6-16-12(9-14)4-7-18(23)27-16/h4-7,9-11H,3,8H2,1-2H3,(H,22,24). The van der Waals surface area contributed by atoms with E-state index >= 15 is 0 Å². The second-order valence-electron chi connectivity index (χ2n) is 5.80. The van der Waals surface area contributed by atoms with Gasteiger partial charge in [0.15, 0.2) is 11.5 Å². The lowest BCUT2D eigenvalue weighted by Gasteiger charge is -2.14. The van der Waals surface area contributed by atoms with Gasteiger partial charge >= 0.3 is 5.63 Å². The van der Waals surface area contributed by atoms with Crippen LogP contribution in [0.2, 0.25) is 0 Å². The van der Waals surface area contributed by atoms with Gasteiger partial charge in [-0.25, -0.2) is 4.79 Å². The topological polar surface area (TPSA) is 77.8 Å². The molecule has 0 fully saturated rings. The molecule has 0 aliphatic carbocycles. The van der Waals surface area contributed by atoms with Crippen molar-refractivity contribution < 1.29 is 18.7 Å². The van der Waals surface area contributed by atoms with E-state index in [2.05, 4.69) is 21.2 Å². The van der Waals surface area contributed by atoms with E-state index in [9.17, 15) is 9.59 Å². The third-order valence-electron chi connectivity index (χ3n) is 3.82. The molecular weight excluding hydrogens is 414 g/mol.